The molecule has 0 unspecified atom stereocenters. The largest absolute Gasteiger partial charge is 0.354 e. The van der Waals surface area contributed by atoms with Crippen molar-refractivity contribution in [1.29, 1.82) is 0 Å². The molecule has 0 amide bonds. The average Bonchev–Trinajstić information content (AvgIpc) is 2.47. The molecule has 5 nitrogen and oxygen atoms in total. The van der Waals surface area contributed by atoms with Crippen molar-refractivity contribution >= 4 is 11.5 Å². The minimum absolute atomic E-state index is 0.0174. The minimum Gasteiger partial charge on any atom is -0.354 e. The van der Waals surface area contributed by atoms with Crippen LogP contribution in [0, 0.1) is 0 Å². The first-order valence-corrected chi connectivity index (χ1v) is 7.16. The molecule has 1 saturated heterocycles. The lowest BCUT2D eigenvalue weighted by atomic mass is 10.2. The summed E-state index contributed by atoms with van der Waals surface area (Å²) in [5.74, 6) is 0.795. The molecule has 1 aliphatic rings. The molecule has 0 radical (unpaired) electrons. The van der Waals surface area contributed by atoms with E-state index >= 15 is 0 Å². The molecular formula is C15H20N4O. The first kappa shape index (κ1) is 13.1. The van der Waals surface area contributed by atoms with Gasteiger partial charge in [-0.3, -0.25) is 14.1 Å². The fourth-order valence-electron chi connectivity index (χ4n) is 2.88. The van der Waals surface area contributed by atoms with Gasteiger partial charge in [0.05, 0.1) is 0 Å². The van der Waals surface area contributed by atoms with Crippen molar-refractivity contribution in [2.45, 2.75) is 19.9 Å². The molecule has 0 aromatic carbocycles. The Morgan fingerprint density at radius 2 is 2.20 bits per heavy atom. The molecule has 2 aromatic heterocycles. The highest BCUT2D eigenvalue weighted by Gasteiger charge is 2.23. The summed E-state index contributed by atoms with van der Waals surface area (Å²) in [6.07, 6.45) is 1.76. The molecule has 3 rings (SSSR count). The number of aromatic nitrogens is 2. The van der Waals surface area contributed by atoms with Crippen molar-refractivity contribution in [3.8, 4) is 0 Å². The summed E-state index contributed by atoms with van der Waals surface area (Å²) in [5.41, 5.74) is 0.691. The van der Waals surface area contributed by atoms with E-state index in [-0.39, 0.29) is 5.56 Å². The Balaban J connectivity index is 1.93. The van der Waals surface area contributed by atoms with E-state index in [4.69, 9.17) is 0 Å². The third-order valence-electron chi connectivity index (χ3n) is 4.05. The number of rotatable bonds is 2. The second-order valence-electron chi connectivity index (χ2n) is 5.31. The van der Waals surface area contributed by atoms with Crippen LogP contribution in [0.1, 0.15) is 13.8 Å². The van der Waals surface area contributed by atoms with Crippen molar-refractivity contribution < 1.29 is 0 Å². The number of likely N-dealkylation sites (N-methyl/N-ethyl adjacent to an activating group) is 1. The smallest absolute Gasteiger partial charge is 0.259 e. The Bertz CT molecular complexity index is 666. The van der Waals surface area contributed by atoms with Gasteiger partial charge in [-0.15, -0.1) is 0 Å². The van der Waals surface area contributed by atoms with Gasteiger partial charge < -0.3 is 4.90 Å². The number of fused-ring (bicyclic) bond motifs is 1. The lowest BCUT2D eigenvalue weighted by Gasteiger charge is -2.39. The van der Waals surface area contributed by atoms with Crippen molar-refractivity contribution in [2.75, 3.05) is 31.1 Å². The quantitative estimate of drug-likeness (QED) is 0.824. The summed E-state index contributed by atoms with van der Waals surface area (Å²) >= 11 is 0. The van der Waals surface area contributed by atoms with Crippen LogP contribution in [-0.2, 0) is 0 Å². The molecule has 0 saturated carbocycles. The zero-order valence-corrected chi connectivity index (χ0v) is 12.0. The summed E-state index contributed by atoms with van der Waals surface area (Å²) in [7, 11) is 0. The maximum atomic E-state index is 12.1. The molecular weight excluding hydrogens is 252 g/mol. The average molecular weight is 272 g/mol. The van der Waals surface area contributed by atoms with Crippen LogP contribution in [0.15, 0.2) is 35.3 Å². The van der Waals surface area contributed by atoms with Gasteiger partial charge >= 0.3 is 0 Å². The predicted molar refractivity (Wildman–Crippen MR) is 80.4 cm³/mol. The van der Waals surface area contributed by atoms with Crippen molar-refractivity contribution in [3.05, 3.63) is 40.8 Å². The monoisotopic (exact) mass is 272 g/mol. The van der Waals surface area contributed by atoms with E-state index in [2.05, 4.69) is 28.6 Å². The van der Waals surface area contributed by atoms with Crippen molar-refractivity contribution in [1.82, 2.24) is 14.3 Å². The molecule has 2 aromatic rings. The second kappa shape index (κ2) is 5.25. The molecule has 3 heterocycles. The Labute approximate surface area is 118 Å². The molecule has 1 fully saturated rings. The van der Waals surface area contributed by atoms with Crippen molar-refractivity contribution in [2.24, 2.45) is 0 Å². The van der Waals surface area contributed by atoms with Gasteiger partial charge in [-0.1, -0.05) is 13.0 Å². The zero-order valence-electron chi connectivity index (χ0n) is 12.0. The van der Waals surface area contributed by atoms with Crippen LogP contribution in [0.25, 0.3) is 5.65 Å². The summed E-state index contributed by atoms with van der Waals surface area (Å²) < 4.78 is 1.58. The van der Waals surface area contributed by atoms with Crippen molar-refractivity contribution in [3.63, 3.8) is 0 Å². The van der Waals surface area contributed by atoms with Crippen LogP contribution in [0.3, 0.4) is 0 Å². The van der Waals surface area contributed by atoms with E-state index < -0.39 is 0 Å². The van der Waals surface area contributed by atoms with E-state index in [9.17, 15) is 4.79 Å². The maximum Gasteiger partial charge on any atom is 0.259 e. The van der Waals surface area contributed by atoms with Gasteiger partial charge in [0, 0.05) is 37.9 Å². The normalized spacial score (nSPS) is 20.5. The predicted octanol–water partition coefficient (Wildman–Crippen LogP) is 1.22. The van der Waals surface area contributed by atoms with E-state index in [1.807, 2.05) is 18.2 Å². The summed E-state index contributed by atoms with van der Waals surface area (Å²) in [6.45, 7) is 8.35. The molecule has 106 valence electrons. The molecule has 1 aliphatic heterocycles. The molecule has 5 heteroatoms. The van der Waals surface area contributed by atoms with Crippen LogP contribution in [-0.4, -0.2) is 46.5 Å². The third-order valence-corrected chi connectivity index (χ3v) is 4.05. The topological polar surface area (TPSA) is 40.9 Å². The third kappa shape index (κ3) is 2.29. The number of anilines is 1. The van der Waals surface area contributed by atoms with Gasteiger partial charge in [-0.25, -0.2) is 4.98 Å². The number of piperazine rings is 1. The highest BCUT2D eigenvalue weighted by atomic mass is 16.1. The van der Waals surface area contributed by atoms with Crippen LogP contribution in [0.2, 0.25) is 0 Å². The lowest BCUT2D eigenvalue weighted by molar-refractivity contribution is 0.199. The van der Waals surface area contributed by atoms with Crippen LogP contribution < -0.4 is 10.5 Å². The van der Waals surface area contributed by atoms with E-state index in [0.29, 0.717) is 11.7 Å². The Morgan fingerprint density at radius 1 is 1.35 bits per heavy atom. The zero-order chi connectivity index (χ0) is 14.1. The first-order valence-electron chi connectivity index (χ1n) is 7.16. The molecule has 1 atom stereocenters. The molecule has 0 aliphatic carbocycles. The fourth-order valence-corrected chi connectivity index (χ4v) is 2.88. The lowest BCUT2D eigenvalue weighted by Crippen LogP contribution is -2.52. The van der Waals surface area contributed by atoms with Crippen LogP contribution in [0.4, 0.5) is 5.82 Å². The molecule has 20 heavy (non-hydrogen) atoms. The van der Waals surface area contributed by atoms with E-state index in [1.54, 1.807) is 16.7 Å². The molecule has 0 spiro atoms. The number of hydrogen-bond acceptors (Lipinski definition) is 4. The van der Waals surface area contributed by atoms with Gasteiger partial charge in [-0.05, 0) is 25.6 Å². The first-order chi connectivity index (χ1) is 9.69. The summed E-state index contributed by atoms with van der Waals surface area (Å²) in [5, 5.41) is 0. The Morgan fingerprint density at radius 3 is 2.95 bits per heavy atom. The fraction of sp³-hybridized carbons (Fsp3) is 0.467. The minimum atomic E-state index is -0.0174. The van der Waals surface area contributed by atoms with Crippen LogP contribution in [0.5, 0.6) is 0 Å². The van der Waals surface area contributed by atoms with Gasteiger partial charge in [0.2, 0.25) is 0 Å². The molecule has 0 bridgehead atoms. The van der Waals surface area contributed by atoms with Crippen LogP contribution >= 0.6 is 0 Å². The summed E-state index contributed by atoms with van der Waals surface area (Å²) in [4.78, 5) is 21.4. The standard InChI is InChI=1S/C15H20N4O/c1-3-17-8-9-18(11-12(17)2)14-10-15(20)19-7-5-4-6-13(19)16-14/h4-7,10,12H,3,8-9,11H2,1-2H3/t12-/m1/s1. The van der Waals surface area contributed by atoms with E-state index in [0.717, 1.165) is 32.0 Å². The maximum absolute atomic E-state index is 12.1. The SMILES string of the molecule is CCN1CCN(c2cc(=O)n3ccccc3n2)C[C@H]1C. The van der Waals surface area contributed by atoms with Gasteiger partial charge in [0.25, 0.3) is 5.56 Å². The van der Waals surface area contributed by atoms with E-state index in [1.165, 1.54) is 0 Å². The van der Waals surface area contributed by atoms with Gasteiger partial charge in [0.1, 0.15) is 11.5 Å². The Kier molecular flexibility index (Phi) is 3.44. The molecule has 0 N–H and O–H groups in total. The second-order valence-corrected chi connectivity index (χ2v) is 5.31. The summed E-state index contributed by atoms with van der Waals surface area (Å²) in [6, 6.07) is 7.75. The van der Waals surface area contributed by atoms with Gasteiger partial charge in [0.15, 0.2) is 0 Å². The highest BCUT2D eigenvalue weighted by molar-refractivity contribution is 5.48. The van der Waals surface area contributed by atoms with Gasteiger partial charge in [-0.2, -0.15) is 0 Å². The number of hydrogen-bond donors (Lipinski definition) is 0. The Hall–Kier alpha value is -1.88. The number of pyridine rings is 1. The highest BCUT2D eigenvalue weighted by Crippen LogP contribution is 2.16. The number of nitrogens with zero attached hydrogens (tertiary/aromatic N) is 4.